The largest absolute Gasteiger partial charge is 0.455 e. The first kappa shape index (κ1) is 27.0. The molecule has 0 N–H and O–H groups in total. The quantitative estimate of drug-likeness (QED) is 0.197. The molecule has 2 aromatic heterocycles. The molecule has 9 aromatic rings. The summed E-state index contributed by atoms with van der Waals surface area (Å²) in [6, 6.07) is 56.1. The molecule has 0 aliphatic rings. The van der Waals surface area contributed by atoms with Gasteiger partial charge in [0.1, 0.15) is 11.2 Å². The molecular weight excluding hydrogens is 574 g/mol. The Morgan fingerprint density at radius 1 is 0.340 bits per heavy atom. The molecule has 9 rings (SSSR count). The van der Waals surface area contributed by atoms with Crippen LogP contribution >= 0.6 is 0 Å². The average molecular weight is 602 g/mol. The van der Waals surface area contributed by atoms with Gasteiger partial charge in [0.05, 0.1) is 0 Å². The first-order valence-electron chi connectivity index (χ1n) is 15.7. The molecule has 7 aromatic carbocycles. The summed E-state index contributed by atoms with van der Waals surface area (Å²) in [6.45, 7) is 0. The van der Waals surface area contributed by atoms with Crippen LogP contribution in [0.5, 0.6) is 0 Å². The average Bonchev–Trinajstić information content (AvgIpc) is 3.55. The van der Waals surface area contributed by atoms with Crippen molar-refractivity contribution < 1.29 is 4.42 Å². The summed E-state index contributed by atoms with van der Waals surface area (Å²) in [6.07, 6.45) is 0. The van der Waals surface area contributed by atoms with Crippen molar-refractivity contribution in [1.29, 1.82) is 0 Å². The Kier molecular flexibility index (Phi) is 6.43. The number of furan rings is 1. The van der Waals surface area contributed by atoms with Crippen molar-refractivity contribution >= 4 is 32.7 Å². The monoisotopic (exact) mass is 601 g/mol. The zero-order valence-corrected chi connectivity index (χ0v) is 25.3. The molecule has 0 aliphatic carbocycles. The van der Waals surface area contributed by atoms with Crippen LogP contribution in [0.4, 0.5) is 0 Å². The zero-order valence-electron chi connectivity index (χ0n) is 25.3. The highest BCUT2D eigenvalue weighted by molar-refractivity contribution is 6.21. The van der Waals surface area contributed by atoms with Crippen molar-refractivity contribution in [3.63, 3.8) is 0 Å². The van der Waals surface area contributed by atoms with E-state index in [0.29, 0.717) is 17.5 Å². The van der Waals surface area contributed by atoms with Crippen molar-refractivity contribution in [2.45, 2.75) is 0 Å². The lowest BCUT2D eigenvalue weighted by Crippen LogP contribution is -2.01. The molecule has 0 spiro atoms. The number of hydrogen-bond donors (Lipinski definition) is 0. The van der Waals surface area contributed by atoms with Crippen LogP contribution in [0.25, 0.3) is 89.1 Å². The van der Waals surface area contributed by atoms with E-state index in [0.717, 1.165) is 71.7 Å². The minimum Gasteiger partial charge on any atom is -0.455 e. The predicted octanol–water partition coefficient (Wildman–Crippen LogP) is 11.3. The maximum atomic E-state index is 6.62. The molecule has 0 aliphatic heterocycles. The summed E-state index contributed by atoms with van der Waals surface area (Å²) in [5.74, 6) is 1.86. The van der Waals surface area contributed by atoms with Crippen LogP contribution in [0.2, 0.25) is 0 Å². The van der Waals surface area contributed by atoms with E-state index >= 15 is 0 Å². The minimum atomic E-state index is 0.612. The molecule has 0 saturated heterocycles. The van der Waals surface area contributed by atoms with E-state index in [-0.39, 0.29) is 0 Å². The first-order valence-corrected chi connectivity index (χ1v) is 15.7. The molecule has 0 radical (unpaired) electrons. The molecule has 0 atom stereocenters. The zero-order chi connectivity index (χ0) is 31.2. The predicted molar refractivity (Wildman–Crippen MR) is 192 cm³/mol. The fraction of sp³-hybridized carbons (Fsp3) is 0. The summed E-state index contributed by atoms with van der Waals surface area (Å²) in [7, 11) is 0. The Morgan fingerprint density at radius 2 is 0.851 bits per heavy atom. The summed E-state index contributed by atoms with van der Waals surface area (Å²) in [5, 5.41) is 4.14. The highest BCUT2D eigenvalue weighted by atomic mass is 16.3. The molecule has 220 valence electrons. The van der Waals surface area contributed by atoms with E-state index in [4.69, 9.17) is 19.4 Å². The van der Waals surface area contributed by atoms with E-state index in [1.807, 2.05) is 54.6 Å². The number of fused-ring (bicyclic) bond motifs is 5. The van der Waals surface area contributed by atoms with E-state index in [9.17, 15) is 0 Å². The summed E-state index contributed by atoms with van der Waals surface area (Å²) in [4.78, 5) is 15.5. The lowest BCUT2D eigenvalue weighted by molar-refractivity contribution is 0.673. The SMILES string of the molecule is c1ccc(-c2nc(-c3ccccc3-c3ccccc3)nc(-c3cc4c(oc5cccc(-c6ccccc6)c54)c4ccccc34)n2)cc1. The molecule has 0 bridgehead atoms. The van der Waals surface area contributed by atoms with Gasteiger partial charge < -0.3 is 4.42 Å². The van der Waals surface area contributed by atoms with Crippen LogP contribution in [-0.2, 0) is 0 Å². The second-order valence-corrected chi connectivity index (χ2v) is 11.6. The number of hydrogen-bond acceptors (Lipinski definition) is 4. The van der Waals surface area contributed by atoms with Gasteiger partial charge in [-0.15, -0.1) is 0 Å². The van der Waals surface area contributed by atoms with E-state index in [2.05, 4.69) is 109 Å². The van der Waals surface area contributed by atoms with Crippen LogP contribution in [0.1, 0.15) is 0 Å². The van der Waals surface area contributed by atoms with Crippen molar-refractivity contribution in [1.82, 2.24) is 15.0 Å². The fourth-order valence-electron chi connectivity index (χ4n) is 6.57. The molecule has 0 unspecified atom stereocenters. The summed E-state index contributed by atoms with van der Waals surface area (Å²) < 4.78 is 6.62. The van der Waals surface area contributed by atoms with Crippen LogP contribution in [0, 0.1) is 0 Å². The molecule has 0 fully saturated rings. The van der Waals surface area contributed by atoms with Gasteiger partial charge in [0.25, 0.3) is 0 Å². The van der Waals surface area contributed by atoms with Crippen LogP contribution < -0.4 is 0 Å². The van der Waals surface area contributed by atoms with Gasteiger partial charge in [-0.2, -0.15) is 0 Å². The van der Waals surface area contributed by atoms with Crippen LogP contribution in [0.3, 0.4) is 0 Å². The third-order valence-electron chi connectivity index (χ3n) is 8.75. The lowest BCUT2D eigenvalue weighted by Gasteiger charge is -2.13. The molecule has 4 heteroatoms. The van der Waals surface area contributed by atoms with Gasteiger partial charge in [0.2, 0.25) is 0 Å². The fourth-order valence-corrected chi connectivity index (χ4v) is 6.57. The Morgan fingerprint density at radius 3 is 1.55 bits per heavy atom. The van der Waals surface area contributed by atoms with Crippen molar-refractivity contribution in [3.05, 3.63) is 164 Å². The highest BCUT2D eigenvalue weighted by Gasteiger charge is 2.21. The van der Waals surface area contributed by atoms with E-state index < -0.39 is 0 Å². The van der Waals surface area contributed by atoms with Gasteiger partial charge in [-0.25, -0.2) is 15.0 Å². The number of benzene rings is 7. The van der Waals surface area contributed by atoms with Gasteiger partial charge in [-0.1, -0.05) is 152 Å². The normalized spacial score (nSPS) is 11.4. The van der Waals surface area contributed by atoms with Gasteiger partial charge in [-0.05, 0) is 39.8 Å². The Bertz CT molecular complexity index is 2560. The molecule has 0 saturated carbocycles. The maximum absolute atomic E-state index is 6.62. The van der Waals surface area contributed by atoms with Crippen molar-refractivity contribution in [2.24, 2.45) is 0 Å². The minimum absolute atomic E-state index is 0.612. The maximum Gasteiger partial charge on any atom is 0.164 e. The van der Waals surface area contributed by atoms with Gasteiger partial charge in [0, 0.05) is 32.8 Å². The Balaban J connectivity index is 1.36. The number of nitrogens with zero attached hydrogens (tertiary/aromatic N) is 3. The van der Waals surface area contributed by atoms with E-state index in [1.165, 1.54) is 0 Å². The van der Waals surface area contributed by atoms with Crippen molar-refractivity contribution in [3.8, 4) is 56.4 Å². The lowest BCUT2D eigenvalue weighted by atomic mass is 9.95. The second kappa shape index (κ2) is 11.2. The van der Waals surface area contributed by atoms with Gasteiger partial charge in [0.15, 0.2) is 17.5 Å². The Hall–Kier alpha value is -6.39. The number of rotatable bonds is 5. The topological polar surface area (TPSA) is 51.8 Å². The standard InChI is InChI=1S/C43H27N3O/c1-4-15-28(16-5-1)31-21-10-13-24-35(31)42-44-41(30-19-8-3-9-20-30)45-43(46-42)36-27-37-39-32(29-17-6-2-7-18-29)25-14-26-38(39)47-40(37)34-23-12-11-22-33(34)36/h1-27H. The summed E-state index contributed by atoms with van der Waals surface area (Å²) in [5.41, 5.74) is 8.95. The third-order valence-corrected chi connectivity index (χ3v) is 8.75. The molecule has 0 amide bonds. The van der Waals surface area contributed by atoms with Gasteiger partial charge >= 0.3 is 0 Å². The molecule has 4 nitrogen and oxygen atoms in total. The Labute approximate surface area is 271 Å². The van der Waals surface area contributed by atoms with Gasteiger partial charge in [-0.3, -0.25) is 0 Å². The second-order valence-electron chi connectivity index (χ2n) is 11.6. The highest BCUT2D eigenvalue weighted by Crippen LogP contribution is 2.43. The molecule has 2 heterocycles. The van der Waals surface area contributed by atoms with Crippen LogP contribution in [-0.4, -0.2) is 15.0 Å². The smallest absolute Gasteiger partial charge is 0.164 e. The molecule has 47 heavy (non-hydrogen) atoms. The van der Waals surface area contributed by atoms with E-state index in [1.54, 1.807) is 0 Å². The third kappa shape index (κ3) is 4.66. The summed E-state index contributed by atoms with van der Waals surface area (Å²) >= 11 is 0. The molecular formula is C43H27N3O. The number of aromatic nitrogens is 3. The van der Waals surface area contributed by atoms with Crippen molar-refractivity contribution in [2.75, 3.05) is 0 Å². The van der Waals surface area contributed by atoms with Crippen LogP contribution in [0.15, 0.2) is 168 Å². The first-order chi connectivity index (χ1) is 23.3.